The molecular weight excluding hydrogens is 341 g/mol. The summed E-state index contributed by atoms with van der Waals surface area (Å²) < 4.78 is 5.24. The van der Waals surface area contributed by atoms with E-state index in [2.05, 4.69) is 34.7 Å². The molecule has 4 nitrogen and oxygen atoms in total. The molecule has 2 N–H and O–H groups in total. The smallest absolute Gasteiger partial charge is 0.191 e. The van der Waals surface area contributed by atoms with Gasteiger partial charge in [0.05, 0.1) is 7.11 Å². The first-order chi connectivity index (χ1) is 8.29. The number of hydrogen-bond acceptors (Lipinski definition) is 4. The minimum atomic E-state index is 0. The van der Waals surface area contributed by atoms with Crippen molar-refractivity contribution in [3.8, 4) is 5.75 Å². The summed E-state index contributed by atoms with van der Waals surface area (Å²) in [7, 11) is 1.70. The molecule has 1 aromatic rings. The van der Waals surface area contributed by atoms with E-state index < -0.39 is 0 Å². The lowest BCUT2D eigenvalue weighted by atomic mass is 10.1. The maximum absolute atomic E-state index is 5.24. The zero-order valence-corrected chi connectivity index (χ0v) is 13.2. The minimum absolute atomic E-state index is 0. The third-order valence-corrected chi connectivity index (χ3v) is 2.82. The van der Waals surface area contributed by atoms with Crippen LogP contribution in [0.15, 0.2) is 23.2 Å². The van der Waals surface area contributed by atoms with Crippen LogP contribution in [-0.2, 0) is 6.54 Å². The van der Waals surface area contributed by atoms with Crippen molar-refractivity contribution >= 4 is 29.9 Å². The first kappa shape index (κ1) is 15.1. The lowest BCUT2D eigenvalue weighted by Gasteiger charge is -2.16. The number of guanidine groups is 1. The van der Waals surface area contributed by atoms with Gasteiger partial charge in [0.15, 0.2) is 5.96 Å². The van der Waals surface area contributed by atoms with E-state index in [1.807, 2.05) is 6.07 Å². The SMILES string of the molecule is COc1ccc(CNC2=NCCCN2)cc1C.I. The van der Waals surface area contributed by atoms with Crippen molar-refractivity contribution in [3.05, 3.63) is 29.3 Å². The van der Waals surface area contributed by atoms with Crippen molar-refractivity contribution in [1.82, 2.24) is 10.6 Å². The Bertz CT molecular complexity index is 421. The van der Waals surface area contributed by atoms with Crippen LogP contribution < -0.4 is 15.4 Å². The Labute approximate surface area is 125 Å². The van der Waals surface area contributed by atoms with Gasteiger partial charge < -0.3 is 15.4 Å². The fraction of sp³-hybridized carbons (Fsp3) is 0.462. The molecule has 0 radical (unpaired) electrons. The topological polar surface area (TPSA) is 45.6 Å². The van der Waals surface area contributed by atoms with Crippen LogP contribution in [0.2, 0.25) is 0 Å². The van der Waals surface area contributed by atoms with Gasteiger partial charge in [-0.2, -0.15) is 0 Å². The molecule has 0 unspecified atom stereocenters. The van der Waals surface area contributed by atoms with E-state index in [1.54, 1.807) is 7.11 Å². The van der Waals surface area contributed by atoms with Crippen LogP contribution in [0.5, 0.6) is 5.75 Å². The van der Waals surface area contributed by atoms with E-state index in [4.69, 9.17) is 4.74 Å². The molecule has 0 aromatic heterocycles. The van der Waals surface area contributed by atoms with E-state index in [-0.39, 0.29) is 24.0 Å². The van der Waals surface area contributed by atoms with E-state index in [0.29, 0.717) is 0 Å². The molecule has 1 aliphatic heterocycles. The number of halogens is 1. The Hall–Kier alpha value is -0.980. The highest BCUT2D eigenvalue weighted by atomic mass is 127. The molecule has 2 rings (SSSR count). The van der Waals surface area contributed by atoms with Crippen molar-refractivity contribution in [2.24, 2.45) is 4.99 Å². The lowest BCUT2D eigenvalue weighted by molar-refractivity contribution is 0.411. The van der Waals surface area contributed by atoms with Crippen LogP contribution in [0.25, 0.3) is 0 Å². The third-order valence-electron chi connectivity index (χ3n) is 2.82. The van der Waals surface area contributed by atoms with Gasteiger partial charge in [0, 0.05) is 19.6 Å². The normalized spacial score (nSPS) is 14.0. The second-order valence-electron chi connectivity index (χ2n) is 4.17. The van der Waals surface area contributed by atoms with Crippen molar-refractivity contribution < 1.29 is 4.74 Å². The average molecular weight is 361 g/mol. The Kier molecular flexibility index (Phi) is 6.24. The predicted molar refractivity (Wildman–Crippen MR) is 84.9 cm³/mol. The van der Waals surface area contributed by atoms with Crippen molar-refractivity contribution in [2.75, 3.05) is 20.2 Å². The third kappa shape index (κ3) is 4.04. The number of aliphatic imine (C=N–C) groups is 1. The second-order valence-corrected chi connectivity index (χ2v) is 4.17. The van der Waals surface area contributed by atoms with Gasteiger partial charge in [-0.25, -0.2) is 0 Å². The van der Waals surface area contributed by atoms with Crippen LogP contribution in [0.1, 0.15) is 17.5 Å². The molecule has 100 valence electrons. The van der Waals surface area contributed by atoms with Crippen molar-refractivity contribution in [2.45, 2.75) is 19.9 Å². The van der Waals surface area contributed by atoms with Gasteiger partial charge in [-0.15, -0.1) is 24.0 Å². The molecule has 1 aromatic carbocycles. The fourth-order valence-electron chi connectivity index (χ4n) is 1.89. The van der Waals surface area contributed by atoms with Gasteiger partial charge in [0.2, 0.25) is 0 Å². The molecule has 5 heteroatoms. The average Bonchev–Trinajstić information content (AvgIpc) is 2.38. The van der Waals surface area contributed by atoms with Gasteiger partial charge in [0.1, 0.15) is 5.75 Å². The number of nitrogens with zero attached hydrogens (tertiary/aromatic N) is 1. The molecule has 18 heavy (non-hydrogen) atoms. The zero-order chi connectivity index (χ0) is 12.1. The first-order valence-corrected chi connectivity index (χ1v) is 5.95. The quantitative estimate of drug-likeness (QED) is 0.811. The minimum Gasteiger partial charge on any atom is -0.496 e. The number of nitrogens with one attached hydrogen (secondary N) is 2. The molecule has 0 aliphatic carbocycles. The number of rotatable bonds is 3. The van der Waals surface area contributed by atoms with Crippen LogP contribution >= 0.6 is 24.0 Å². The number of hydrogen-bond donors (Lipinski definition) is 2. The molecule has 0 spiro atoms. The molecular formula is C13H20IN3O. The van der Waals surface area contributed by atoms with Gasteiger partial charge in [-0.05, 0) is 30.5 Å². The Morgan fingerprint density at radius 3 is 2.89 bits per heavy atom. The first-order valence-electron chi connectivity index (χ1n) is 5.95. The highest BCUT2D eigenvalue weighted by Crippen LogP contribution is 2.18. The van der Waals surface area contributed by atoms with E-state index >= 15 is 0 Å². The van der Waals surface area contributed by atoms with Crippen molar-refractivity contribution in [3.63, 3.8) is 0 Å². The largest absolute Gasteiger partial charge is 0.496 e. The summed E-state index contributed by atoms with van der Waals surface area (Å²) in [4.78, 5) is 4.37. The standard InChI is InChI=1S/C13H19N3O.HI/c1-10-8-11(4-5-12(10)17-2)9-16-13-14-6-3-7-15-13;/h4-5,8H,3,6-7,9H2,1-2H3,(H2,14,15,16);1H. The van der Waals surface area contributed by atoms with Crippen LogP contribution in [0.3, 0.4) is 0 Å². The second kappa shape index (κ2) is 7.45. The molecule has 0 saturated carbocycles. The van der Waals surface area contributed by atoms with Gasteiger partial charge in [-0.3, -0.25) is 4.99 Å². The molecule has 0 bridgehead atoms. The van der Waals surface area contributed by atoms with Crippen LogP contribution in [0, 0.1) is 6.92 Å². The maximum atomic E-state index is 5.24. The lowest BCUT2D eigenvalue weighted by Crippen LogP contribution is -2.40. The van der Waals surface area contributed by atoms with Gasteiger partial charge >= 0.3 is 0 Å². The highest BCUT2D eigenvalue weighted by Gasteiger charge is 2.04. The molecule has 0 atom stereocenters. The number of ether oxygens (including phenoxy) is 1. The van der Waals surface area contributed by atoms with E-state index in [0.717, 1.165) is 43.3 Å². The van der Waals surface area contributed by atoms with E-state index in [1.165, 1.54) is 5.56 Å². The summed E-state index contributed by atoms with van der Waals surface area (Å²) in [5.74, 6) is 1.84. The number of benzene rings is 1. The van der Waals surface area contributed by atoms with Gasteiger partial charge in [0.25, 0.3) is 0 Å². The molecule has 0 saturated heterocycles. The Morgan fingerprint density at radius 2 is 2.28 bits per heavy atom. The summed E-state index contributed by atoms with van der Waals surface area (Å²) in [6, 6.07) is 6.21. The summed E-state index contributed by atoms with van der Waals surface area (Å²) >= 11 is 0. The fourth-order valence-corrected chi connectivity index (χ4v) is 1.89. The predicted octanol–water partition coefficient (Wildman–Crippen LogP) is 2.06. The van der Waals surface area contributed by atoms with Crippen LogP contribution in [0.4, 0.5) is 0 Å². The monoisotopic (exact) mass is 361 g/mol. The zero-order valence-electron chi connectivity index (χ0n) is 10.8. The van der Waals surface area contributed by atoms with Gasteiger partial charge in [-0.1, -0.05) is 12.1 Å². The Balaban J connectivity index is 0.00000162. The molecule has 1 heterocycles. The highest BCUT2D eigenvalue weighted by molar-refractivity contribution is 14.0. The van der Waals surface area contributed by atoms with E-state index in [9.17, 15) is 0 Å². The Morgan fingerprint density at radius 1 is 1.44 bits per heavy atom. The molecule has 0 amide bonds. The number of methoxy groups -OCH3 is 1. The summed E-state index contributed by atoms with van der Waals surface area (Å²) in [6.07, 6.45) is 1.12. The maximum Gasteiger partial charge on any atom is 0.191 e. The summed E-state index contributed by atoms with van der Waals surface area (Å²) in [6.45, 7) is 4.76. The molecule has 1 aliphatic rings. The number of aryl methyl sites for hydroxylation is 1. The molecule has 0 fully saturated rings. The van der Waals surface area contributed by atoms with Crippen LogP contribution in [-0.4, -0.2) is 26.2 Å². The summed E-state index contributed by atoms with van der Waals surface area (Å²) in [5, 5.41) is 6.54. The van der Waals surface area contributed by atoms with Crippen molar-refractivity contribution in [1.29, 1.82) is 0 Å². The summed E-state index contributed by atoms with van der Waals surface area (Å²) in [5.41, 5.74) is 2.39.